The van der Waals surface area contributed by atoms with Gasteiger partial charge >= 0.3 is 0 Å². The van der Waals surface area contributed by atoms with Crippen molar-refractivity contribution in [3.8, 4) is 0 Å². The zero-order valence-electron chi connectivity index (χ0n) is 8.58. The number of hydrogen-bond acceptors (Lipinski definition) is 3. The van der Waals surface area contributed by atoms with E-state index < -0.39 is 0 Å². The summed E-state index contributed by atoms with van der Waals surface area (Å²) in [5.41, 5.74) is 0.889. The van der Waals surface area contributed by atoms with Gasteiger partial charge in [0.15, 0.2) is 0 Å². The molecule has 2 aromatic carbocycles. The molecule has 2 rings (SSSR count). The standard InChI is InChI=1S/C13H11NOS/c15-14-10-11-6-8-13(9-7-11)16-12-4-2-1-3-5-12/h1-10,15H. The molecule has 0 radical (unpaired) electrons. The van der Waals surface area contributed by atoms with Crippen LogP contribution in [0.25, 0.3) is 0 Å². The predicted molar refractivity (Wildman–Crippen MR) is 66.4 cm³/mol. The van der Waals surface area contributed by atoms with E-state index in [1.807, 2.05) is 42.5 Å². The Balaban J connectivity index is 2.11. The maximum absolute atomic E-state index is 8.39. The van der Waals surface area contributed by atoms with Crippen LogP contribution >= 0.6 is 11.8 Å². The van der Waals surface area contributed by atoms with Gasteiger partial charge in [0.25, 0.3) is 0 Å². The van der Waals surface area contributed by atoms with Gasteiger partial charge in [0.1, 0.15) is 0 Å². The minimum absolute atomic E-state index is 0.889. The van der Waals surface area contributed by atoms with Gasteiger partial charge in [-0.05, 0) is 29.8 Å². The van der Waals surface area contributed by atoms with E-state index in [0.717, 1.165) is 5.56 Å². The zero-order chi connectivity index (χ0) is 11.2. The highest BCUT2D eigenvalue weighted by molar-refractivity contribution is 7.99. The predicted octanol–water partition coefficient (Wildman–Crippen LogP) is 3.65. The molecule has 3 heteroatoms. The van der Waals surface area contributed by atoms with Crippen molar-refractivity contribution in [2.75, 3.05) is 0 Å². The van der Waals surface area contributed by atoms with Crippen molar-refractivity contribution in [1.29, 1.82) is 0 Å². The number of oxime groups is 1. The molecule has 0 saturated carbocycles. The SMILES string of the molecule is ON=Cc1ccc(Sc2ccccc2)cc1. The van der Waals surface area contributed by atoms with Crippen LogP contribution in [0.4, 0.5) is 0 Å². The van der Waals surface area contributed by atoms with E-state index in [1.165, 1.54) is 16.0 Å². The van der Waals surface area contributed by atoms with Crippen LogP contribution in [0.3, 0.4) is 0 Å². The first-order chi connectivity index (χ1) is 7.88. The topological polar surface area (TPSA) is 32.6 Å². The maximum Gasteiger partial charge on any atom is 0.0733 e. The van der Waals surface area contributed by atoms with Gasteiger partial charge in [-0.1, -0.05) is 47.2 Å². The first-order valence-electron chi connectivity index (χ1n) is 4.89. The molecule has 16 heavy (non-hydrogen) atoms. The van der Waals surface area contributed by atoms with Crippen molar-refractivity contribution in [3.05, 3.63) is 60.2 Å². The monoisotopic (exact) mass is 229 g/mol. The normalized spacial score (nSPS) is 10.8. The Bertz CT molecular complexity index is 465. The van der Waals surface area contributed by atoms with Crippen molar-refractivity contribution in [3.63, 3.8) is 0 Å². The minimum atomic E-state index is 0.889. The Morgan fingerprint density at radius 2 is 1.50 bits per heavy atom. The molecule has 0 aliphatic heterocycles. The summed E-state index contributed by atoms with van der Waals surface area (Å²) >= 11 is 1.71. The molecule has 0 amide bonds. The van der Waals surface area contributed by atoms with Crippen molar-refractivity contribution in [2.45, 2.75) is 9.79 Å². The zero-order valence-corrected chi connectivity index (χ0v) is 9.39. The molecule has 0 bridgehead atoms. The van der Waals surface area contributed by atoms with Gasteiger partial charge in [0.2, 0.25) is 0 Å². The Morgan fingerprint density at radius 3 is 2.12 bits per heavy atom. The highest BCUT2D eigenvalue weighted by Gasteiger charge is 1.96. The van der Waals surface area contributed by atoms with Crippen molar-refractivity contribution < 1.29 is 5.21 Å². The van der Waals surface area contributed by atoms with Crippen LogP contribution in [-0.4, -0.2) is 11.4 Å². The molecular weight excluding hydrogens is 218 g/mol. The lowest BCUT2D eigenvalue weighted by molar-refractivity contribution is 0.322. The molecule has 1 N–H and O–H groups in total. The molecule has 0 heterocycles. The number of benzene rings is 2. The Morgan fingerprint density at radius 1 is 0.875 bits per heavy atom. The second kappa shape index (κ2) is 5.37. The first-order valence-corrected chi connectivity index (χ1v) is 5.70. The molecule has 2 nitrogen and oxygen atoms in total. The van der Waals surface area contributed by atoms with Crippen LogP contribution in [0.5, 0.6) is 0 Å². The van der Waals surface area contributed by atoms with Crippen LogP contribution in [0.15, 0.2) is 69.5 Å². The van der Waals surface area contributed by atoms with Crippen LogP contribution in [0.2, 0.25) is 0 Å². The Kier molecular flexibility index (Phi) is 3.62. The molecule has 0 spiro atoms. The van der Waals surface area contributed by atoms with E-state index in [4.69, 9.17) is 5.21 Å². The summed E-state index contributed by atoms with van der Waals surface area (Å²) in [4.78, 5) is 2.38. The molecule has 0 aromatic heterocycles. The fraction of sp³-hybridized carbons (Fsp3) is 0. The van der Waals surface area contributed by atoms with Gasteiger partial charge in [0.05, 0.1) is 6.21 Å². The van der Waals surface area contributed by atoms with Gasteiger partial charge < -0.3 is 5.21 Å². The molecular formula is C13H11NOS. The van der Waals surface area contributed by atoms with Crippen LogP contribution in [0.1, 0.15) is 5.56 Å². The molecule has 0 aliphatic rings. The van der Waals surface area contributed by atoms with Gasteiger partial charge in [-0.3, -0.25) is 0 Å². The lowest BCUT2D eigenvalue weighted by Crippen LogP contribution is -1.80. The fourth-order valence-corrected chi connectivity index (χ4v) is 2.15. The summed E-state index contributed by atoms with van der Waals surface area (Å²) < 4.78 is 0. The van der Waals surface area contributed by atoms with Crippen molar-refractivity contribution in [2.24, 2.45) is 5.16 Å². The Labute approximate surface area is 98.6 Å². The van der Waals surface area contributed by atoms with E-state index in [0.29, 0.717) is 0 Å². The fourth-order valence-electron chi connectivity index (χ4n) is 1.31. The maximum atomic E-state index is 8.39. The van der Waals surface area contributed by atoms with E-state index in [-0.39, 0.29) is 0 Å². The third kappa shape index (κ3) is 2.87. The van der Waals surface area contributed by atoms with E-state index in [9.17, 15) is 0 Å². The van der Waals surface area contributed by atoms with Gasteiger partial charge in [-0.25, -0.2) is 0 Å². The smallest absolute Gasteiger partial charge is 0.0733 e. The van der Waals surface area contributed by atoms with E-state index in [2.05, 4.69) is 17.3 Å². The van der Waals surface area contributed by atoms with Crippen molar-refractivity contribution in [1.82, 2.24) is 0 Å². The number of hydrogen-bond donors (Lipinski definition) is 1. The number of rotatable bonds is 3. The summed E-state index contributed by atoms with van der Waals surface area (Å²) in [7, 11) is 0. The average molecular weight is 229 g/mol. The second-order valence-electron chi connectivity index (χ2n) is 3.23. The third-order valence-electron chi connectivity index (χ3n) is 2.07. The van der Waals surface area contributed by atoms with E-state index in [1.54, 1.807) is 11.8 Å². The van der Waals surface area contributed by atoms with Gasteiger partial charge in [-0.2, -0.15) is 0 Å². The van der Waals surface area contributed by atoms with E-state index >= 15 is 0 Å². The first kappa shape index (κ1) is 10.8. The lowest BCUT2D eigenvalue weighted by atomic mass is 10.2. The van der Waals surface area contributed by atoms with Crippen molar-refractivity contribution >= 4 is 18.0 Å². The highest BCUT2D eigenvalue weighted by atomic mass is 32.2. The molecule has 80 valence electrons. The summed E-state index contributed by atoms with van der Waals surface area (Å²) in [6, 6.07) is 18.1. The number of nitrogens with zero attached hydrogens (tertiary/aromatic N) is 1. The highest BCUT2D eigenvalue weighted by Crippen LogP contribution is 2.26. The molecule has 2 aromatic rings. The second-order valence-corrected chi connectivity index (χ2v) is 4.38. The summed E-state index contributed by atoms with van der Waals surface area (Å²) in [5.74, 6) is 0. The molecule has 0 atom stereocenters. The summed E-state index contributed by atoms with van der Waals surface area (Å²) in [6.45, 7) is 0. The van der Waals surface area contributed by atoms with Crippen LogP contribution in [0, 0.1) is 0 Å². The lowest BCUT2D eigenvalue weighted by Gasteiger charge is -2.01. The summed E-state index contributed by atoms with van der Waals surface area (Å²) in [6.07, 6.45) is 1.41. The third-order valence-corrected chi connectivity index (χ3v) is 3.08. The molecule has 0 aliphatic carbocycles. The summed E-state index contributed by atoms with van der Waals surface area (Å²) in [5, 5.41) is 11.4. The Hall–Kier alpha value is -1.74. The molecule has 0 saturated heterocycles. The molecule has 0 unspecified atom stereocenters. The molecule has 0 fully saturated rings. The van der Waals surface area contributed by atoms with Crippen LogP contribution < -0.4 is 0 Å². The largest absolute Gasteiger partial charge is 0.411 e. The van der Waals surface area contributed by atoms with Crippen LogP contribution in [-0.2, 0) is 0 Å². The minimum Gasteiger partial charge on any atom is -0.411 e. The van der Waals surface area contributed by atoms with Gasteiger partial charge in [-0.15, -0.1) is 0 Å². The average Bonchev–Trinajstić information content (AvgIpc) is 2.33. The quantitative estimate of drug-likeness (QED) is 0.495. The van der Waals surface area contributed by atoms with Gasteiger partial charge in [0, 0.05) is 9.79 Å².